The number of carbonyl (C=O) groups excluding carboxylic acids is 1. The molecule has 0 bridgehead atoms. The fraction of sp³-hybridized carbons (Fsp3) is 0.667. The van der Waals surface area contributed by atoms with E-state index in [2.05, 4.69) is 5.10 Å². The molecule has 1 fully saturated rings. The molecule has 0 radical (unpaired) electrons. The zero-order valence-electron chi connectivity index (χ0n) is 10.2. The molecular weight excluding hydrogens is 218 g/mol. The van der Waals surface area contributed by atoms with Crippen molar-refractivity contribution in [1.82, 2.24) is 14.7 Å². The number of aromatic nitrogens is 2. The van der Waals surface area contributed by atoms with Crippen LogP contribution in [0.1, 0.15) is 26.2 Å². The molecule has 17 heavy (non-hydrogen) atoms. The Balaban J connectivity index is 1.77. The van der Waals surface area contributed by atoms with Gasteiger partial charge >= 0.3 is 0 Å². The van der Waals surface area contributed by atoms with Crippen LogP contribution in [0, 0.1) is 0 Å². The lowest BCUT2D eigenvalue weighted by Crippen LogP contribution is -2.45. The van der Waals surface area contributed by atoms with Crippen molar-refractivity contribution in [2.75, 3.05) is 13.1 Å². The first-order chi connectivity index (χ1) is 8.07. The van der Waals surface area contributed by atoms with Gasteiger partial charge in [-0.15, -0.1) is 0 Å². The standard InChI is InChI=1S/C12H19N3O2/c1-12(17)4-9-14(10-5-12)11(16)3-8-15-7-2-6-13-15/h2,6-7,17H,3-5,8-10H2,1H3. The van der Waals surface area contributed by atoms with Crippen LogP contribution in [0.4, 0.5) is 0 Å². The molecule has 0 spiro atoms. The van der Waals surface area contributed by atoms with Crippen LogP contribution in [0.15, 0.2) is 18.5 Å². The van der Waals surface area contributed by atoms with Gasteiger partial charge in [0.05, 0.1) is 5.60 Å². The second kappa shape index (κ2) is 4.87. The minimum atomic E-state index is -0.598. The molecule has 1 amide bonds. The van der Waals surface area contributed by atoms with E-state index in [4.69, 9.17) is 0 Å². The Hall–Kier alpha value is -1.36. The first kappa shape index (κ1) is 12.1. The van der Waals surface area contributed by atoms with Crippen LogP contribution in [0.25, 0.3) is 0 Å². The quantitative estimate of drug-likeness (QED) is 0.839. The van der Waals surface area contributed by atoms with Crippen LogP contribution < -0.4 is 0 Å². The van der Waals surface area contributed by atoms with E-state index in [0.717, 1.165) is 0 Å². The Morgan fingerprint density at radius 3 is 2.76 bits per heavy atom. The second-order valence-corrected chi connectivity index (χ2v) is 4.90. The Morgan fingerprint density at radius 2 is 2.18 bits per heavy atom. The highest BCUT2D eigenvalue weighted by atomic mass is 16.3. The molecule has 1 aliphatic heterocycles. The molecule has 5 nitrogen and oxygen atoms in total. The zero-order valence-corrected chi connectivity index (χ0v) is 10.2. The second-order valence-electron chi connectivity index (χ2n) is 4.90. The van der Waals surface area contributed by atoms with E-state index in [9.17, 15) is 9.90 Å². The summed E-state index contributed by atoms with van der Waals surface area (Å²) in [5.41, 5.74) is -0.598. The maximum atomic E-state index is 11.9. The summed E-state index contributed by atoms with van der Waals surface area (Å²) < 4.78 is 1.76. The van der Waals surface area contributed by atoms with Crippen molar-refractivity contribution in [3.8, 4) is 0 Å². The topological polar surface area (TPSA) is 58.4 Å². The number of aliphatic hydroxyl groups is 1. The number of hydrogen-bond donors (Lipinski definition) is 1. The number of hydrogen-bond acceptors (Lipinski definition) is 3. The summed E-state index contributed by atoms with van der Waals surface area (Å²) in [5, 5.41) is 13.9. The number of piperidine rings is 1. The van der Waals surface area contributed by atoms with E-state index < -0.39 is 5.60 Å². The Labute approximate surface area is 101 Å². The third-order valence-electron chi connectivity index (χ3n) is 3.31. The number of carbonyl (C=O) groups is 1. The maximum Gasteiger partial charge on any atom is 0.224 e. The minimum absolute atomic E-state index is 0.149. The third-order valence-corrected chi connectivity index (χ3v) is 3.31. The third kappa shape index (κ3) is 3.30. The summed E-state index contributed by atoms with van der Waals surface area (Å²) in [4.78, 5) is 13.7. The van der Waals surface area contributed by atoms with Gasteiger partial charge in [-0.05, 0) is 25.8 Å². The first-order valence-electron chi connectivity index (χ1n) is 6.04. The van der Waals surface area contributed by atoms with E-state index in [-0.39, 0.29) is 5.91 Å². The molecule has 0 aromatic carbocycles. The van der Waals surface area contributed by atoms with E-state index in [0.29, 0.717) is 38.9 Å². The molecule has 1 saturated heterocycles. The lowest BCUT2D eigenvalue weighted by atomic mass is 9.94. The van der Waals surface area contributed by atoms with Crippen molar-refractivity contribution in [3.63, 3.8) is 0 Å². The summed E-state index contributed by atoms with van der Waals surface area (Å²) in [7, 11) is 0. The van der Waals surface area contributed by atoms with Gasteiger partial charge in [0, 0.05) is 38.4 Å². The average molecular weight is 237 g/mol. The van der Waals surface area contributed by atoms with Crippen molar-refractivity contribution in [2.24, 2.45) is 0 Å². The van der Waals surface area contributed by atoms with Gasteiger partial charge in [-0.2, -0.15) is 5.10 Å². The summed E-state index contributed by atoms with van der Waals surface area (Å²) in [6, 6.07) is 1.85. The molecule has 5 heteroatoms. The fourth-order valence-corrected chi connectivity index (χ4v) is 2.04. The summed E-state index contributed by atoms with van der Waals surface area (Å²) in [5.74, 6) is 0.149. The summed E-state index contributed by atoms with van der Waals surface area (Å²) >= 11 is 0. The molecule has 0 unspecified atom stereocenters. The van der Waals surface area contributed by atoms with E-state index >= 15 is 0 Å². The van der Waals surface area contributed by atoms with Gasteiger partial charge in [-0.3, -0.25) is 9.48 Å². The molecule has 1 aliphatic rings. The molecule has 1 aromatic heterocycles. The number of aryl methyl sites for hydroxylation is 1. The molecule has 94 valence electrons. The highest BCUT2D eigenvalue weighted by Crippen LogP contribution is 2.21. The predicted octanol–water partition coefficient (Wildman–Crippen LogP) is 0.647. The molecule has 0 aliphatic carbocycles. The number of amides is 1. The SMILES string of the molecule is CC1(O)CCN(C(=O)CCn2cccn2)CC1. The summed E-state index contributed by atoms with van der Waals surface area (Å²) in [6.07, 6.45) is 5.38. The van der Waals surface area contributed by atoms with Gasteiger partial charge < -0.3 is 10.0 Å². The van der Waals surface area contributed by atoms with E-state index in [1.807, 2.05) is 24.1 Å². The lowest BCUT2D eigenvalue weighted by molar-refractivity contribution is -0.135. The van der Waals surface area contributed by atoms with Gasteiger partial charge in [-0.1, -0.05) is 0 Å². The molecule has 0 saturated carbocycles. The van der Waals surface area contributed by atoms with Crippen molar-refractivity contribution in [2.45, 2.75) is 38.3 Å². The Bertz CT molecular complexity index is 363. The fourth-order valence-electron chi connectivity index (χ4n) is 2.04. The van der Waals surface area contributed by atoms with Crippen LogP contribution >= 0.6 is 0 Å². The van der Waals surface area contributed by atoms with Crippen LogP contribution in [0.3, 0.4) is 0 Å². The molecular formula is C12H19N3O2. The van der Waals surface area contributed by atoms with Gasteiger partial charge in [0.1, 0.15) is 0 Å². The Kier molecular flexibility index (Phi) is 3.47. The summed E-state index contributed by atoms with van der Waals surface area (Å²) in [6.45, 7) is 3.77. The zero-order chi connectivity index (χ0) is 12.3. The molecule has 2 heterocycles. The first-order valence-corrected chi connectivity index (χ1v) is 6.04. The highest BCUT2D eigenvalue weighted by molar-refractivity contribution is 5.76. The van der Waals surface area contributed by atoms with Crippen LogP contribution in [-0.2, 0) is 11.3 Å². The Morgan fingerprint density at radius 1 is 1.47 bits per heavy atom. The number of likely N-dealkylation sites (tertiary alicyclic amines) is 1. The molecule has 0 atom stereocenters. The maximum absolute atomic E-state index is 11.9. The molecule has 1 N–H and O–H groups in total. The molecule has 2 rings (SSSR count). The van der Waals surface area contributed by atoms with Crippen LogP contribution in [-0.4, -0.2) is 44.4 Å². The van der Waals surface area contributed by atoms with E-state index in [1.165, 1.54) is 0 Å². The molecule has 1 aromatic rings. The van der Waals surface area contributed by atoms with Gasteiger partial charge in [0.15, 0.2) is 0 Å². The largest absolute Gasteiger partial charge is 0.390 e. The minimum Gasteiger partial charge on any atom is -0.390 e. The normalized spacial score (nSPS) is 19.3. The lowest BCUT2D eigenvalue weighted by Gasteiger charge is -2.35. The number of rotatable bonds is 3. The predicted molar refractivity (Wildman–Crippen MR) is 63.3 cm³/mol. The van der Waals surface area contributed by atoms with Crippen LogP contribution in [0.2, 0.25) is 0 Å². The average Bonchev–Trinajstić information content (AvgIpc) is 2.78. The van der Waals surface area contributed by atoms with Gasteiger partial charge in [0.25, 0.3) is 0 Å². The smallest absolute Gasteiger partial charge is 0.224 e. The van der Waals surface area contributed by atoms with Crippen LogP contribution in [0.5, 0.6) is 0 Å². The van der Waals surface area contributed by atoms with Crippen molar-refractivity contribution < 1.29 is 9.90 Å². The number of nitrogens with zero attached hydrogens (tertiary/aromatic N) is 3. The monoisotopic (exact) mass is 237 g/mol. The van der Waals surface area contributed by atoms with Crippen molar-refractivity contribution >= 4 is 5.91 Å². The van der Waals surface area contributed by atoms with Gasteiger partial charge in [0.2, 0.25) is 5.91 Å². The van der Waals surface area contributed by atoms with Crippen molar-refractivity contribution in [3.05, 3.63) is 18.5 Å². The van der Waals surface area contributed by atoms with E-state index in [1.54, 1.807) is 10.9 Å². The van der Waals surface area contributed by atoms with Crippen molar-refractivity contribution in [1.29, 1.82) is 0 Å². The highest BCUT2D eigenvalue weighted by Gasteiger charge is 2.29. The van der Waals surface area contributed by atoms with Gasteiger partial charge in [-0.25, -0.2) is 0 Å².